The topological polar surface area (TPSA) is 66.4 Å². The van der Waals surface area contributed by atoms with Crippen LogP contribution in [0.25, 0.3) is 10.4 Å². The molecule has 1 unspecified atom stereocenters. The first-order chi connectivity index (χ1) is 13.4. The fourth-order valence-corrected chi connectivity index (χ4v) is 4.16. The quantitative estimate of drug-likeness (QED) is 0.478. The second kappa shape index (κ2) is 8.78. The number of anilines is 1. The Labute approximate surface area is 176 Å². The van der Waals surface area contributed by atoms with Crippen LogP contribution in [0.15, 0.2) is 53.9 Å². The lowest BCUT2D eigenvalue weighted by Gasteiger charge is -2.12. The fraction of sp³-hybridized carbons (Fsp3) is 0.143. The molecule has 7 heteroatoms. The molecule has 28 heavy (non-hydrogen) atoms. The number of hydrogen-bond donors (Lipinski definition) is 2. The van der Waals surface area contributed by atoms with Gasteiger partial charge in [0, 0.05) is 10.4 Å². The van der Waals surface area contributed by atoms with Crippen LogP contribution in [0, 0.1) is 6.92 Å². The number of halogens is 2. The van der Waals surface area contributed by atoms with Gasteiger partial charge < -0.3 is 10.4 Å². The van der Waals surface area contributed by atoms with Gasteiger partial charge in [-0.25, -0.2) is 4.79 Å². The highest BCUT2D eigenvalue weighted by Gasteiger charge is 2.24. The Kier molecular flexibility index (Phi) is 6.39. The number of thiophene rings is 1. The molecule has 3 rings (SSSR count). The molecule has 0 radical (unpaired) electrons. The van der Waals surface area contributed by atoms with Crippen LogP contribution in [0.3, 0.4) is 0 Å². The molecule has 0 aliphatic carbocycles. The summed E-state index contributed by atoms with van der Waals surface area (Å²) in [5, 5.41) is 13.7. The van der Waals surface area contributed by atoms with E-state index in [4.69, 9.17) is 23.2 Å². The van der Waals surface area contributed by atoms with Gasteiger partial charge in [-0.1, -0.05) is 48.0 Å². The molecule has 0 saturated carbocycles. The number of aryl methyl sites for hydroxylation is 1. The third kappa shape index (κ3) is 4.55. The van der Waals surface area contributed by atoms with E-state index in [9.17, 15) is 14.7 Å². The van der Waals surface area contributed by atoms with Crippen molar-refractivity contribution in [2.75, 3.05) is 5.32 Å². The average molecular weight is 434 g/mol. The van der Waals surface area contributed by atoms with Crippen LogP contribution >= 0.6 is 34.5 Å². The smallest absolute Gasteiger partial charge is 0.339 e. The van der Waals surface area contributed by atoms with Crippen LogP contribution in [0.5, 0.6) is 0 Å². The summed E-state index contributed by atoms with van der Waals surface area (Å²) in [7, 11) is 0. The molecule has 1 amide bonds. The summed E-state index contributed by atoms with van der Waals surface area (Å²) in [6.07, 6.45) is 0.358. The van der Waals surface area contributed by atoms with Gasteiger partial charge >= 0.3 is 5.97 Å². The lowest BCUT2D eigenvalue weighted by atomic mass is 10.0. The van der Waals surface area contributed by atoms with Gasteiger partial charge in [0.05, 0.1) is 10.6 Å². The highest BCUT2D eigenvalue weighted by Crippen LogP contribution is 2.36. The molecule has 1 aromatic heterocycles. The monoisotopic (exact) mass is 433 g/mol. The average Bonchev–Trinajstić information content (AvgIpc) is 3.08. The number of carbonyl (C=O) groups is 2. The molecule has 1 atom stereocenters. The Balaban J connectivity index is 1.82. The van der Waals surface area contributed by atoms with Crippen molar-refractivity contribution < 1.29 is 14.7 Å². The zero-order valence-corrected chi connectivity index (χ0v) is 17.2. The first-order valence-corrected chi connectivity index (χ1v) is 10.2. The molecule has 144 valence electrons. The summed E-state index contributed by atoms with van der Waals surface area (Å²) in [6, 6.07) is 14.6. The molecule has 0 fully saturated rings. The van der Waals surface area contributed by atoms with Crippen LogP contribution in [-0.2, 0) is 11.2 Å². The molecule has 0 aliphatic rings. The number of rotatable bonds is 6. The van der Waals surface area contributed by atoms with Gasteiger partial charge in [0.15, 0.2) is 0 Å². The third-order valence-electron chi connectivity index (χ3n) is 4.31. The minimum absolute atomic E-state index is 0.0421. The minimum atomic E-state index is -1.12. The first-order valence-electron chi connectivity index (χ1n) is 8.47. The lowest BCUT2D eigenvalue weighted by molar-refractivity contribution is -0.115. The molecule has 0 aliphatic heterocycles. The largest absolute Gasteiger partial charge is 0.478 e. The number of amides is 1. The van der Waals surface area contributed by atoms with Crippen molar-refractivity contribution in [1.82, 2.24) is 0 Å². The Hall–Kier alpha value is -2.34. The zero-order valence-electron chi connectivity index (χ0n) is 14.9. The van der Waals surface area contributed by atoms with E-state index in [1.54, 1.807) is 29.6 Å². The highest BCUT2D eigenvalue weighted by molar-refractivity contribution is 7.14. The number of nitrogens with one attached hydrogen (secondary N) is 1. The summed E-state index contributed by atoms with van der Waals surface area (Å²) in [5.41, 5.74) is 3.02. The molecule has 3 aromatic rings. The van der Waals surface area contributed by atoms with Crippen molar-refractivity contribution in [3.8, 4) is 10.4 Å². The third-order valence-corrected chi connectivity index (χ3v) is 5.95. The van der Waals surface area contributed by atoms with Gasteiger partial charge in [-0.2, -0.15) is 0 Å². The summed E-state index contributed by atoms with van der Waals surface area (Å²) in [5.74, 6) is -1.56. The van der Waals surface area contributed by atoms with Crippen LogP contribution in [0.2, 0.25) is 5.02 Å². The van der Waals surface area contributed by atoms with Crippen LogP contribution in [0.1, 0.15) is 21.5 Å². The molecule has 0 spiro atoms. The van der Waals surface area contributed by atoms with Crippen molar-refractivity contribution in [2.24, 2.45) is 0 Å². The second-order valence-electron chi connectivity index (χ2n) is 6.25. The van der Waals surface area contributed by atoms with Gasteiger partial charge in [0.25, 0.3) is 0 Å². The maximum Gasteiger partial charge on any atom is 0.339 e. The second-order valence-corrected chi connectivity index (χ2v) is 8.10. The molecule has 1 heterocycles. The van der Waals surface area contributed by atoms with E-state index in [1.807, 2.05) is 31.2 Å². The van der Waals surface area contributed by atoms with Gasteiger partial charge in [-0.15, -0.1) is 22.9 Å². The number of carboxylic acid groups (broad SMARTS) is 1. The predicted octanol–water partition coefficient (Wildman–Crippen LogP) is 5.86. The van der Waals surface area contributed by atoms with Crippen molar-refractivity contribution in [2.45, 2.75) is 18.7 Å². The number of benzene rings is 2. The van der Waals surface area contributed by atoms with E-state index in [0.717, 1.165) is 16.7 Å². The van der Waals surface area contributed by atoms with Crippen molar-refractivity contribution in [3.63, 3.8) is 0 Å². The van der Waals surface area contributed by atoms with E-state index < -0.39 is 17.3 Å². The van der Waals surface area contributed by atoms with Gasteiger partial charge in [-0.05, 0) is 42.2 Å². The Bertz CT molecular complexity index is 1010. The van der Waals surface area contributed by atoms with Crippen molar-refractivity contribution in [1.29, 1.82) is 0 Å². The molecule has 2 N–H and O–H groups in total. The number of aromatic carboxylic acids is 1. The van der Waals surface area contributed by atoms with Crippen LogP contribution < -0.4 is 5.32 Å². The molecular weight excluding hydrogens is 417 g/mol. The SMILES string of the molecule is Cc1ccccc1CC(Cl)C(=O)Nc1csc(-c2ccc(Cl)cc2)c1C(=O)O. The Morgan fingerprint density at radius 3 is 2.46 bits per heavy atom. The van der Waals surface area contributed by atoms with Gasteiger partial charge in [0.2, 0.25) is 5.91 Å². The van der Waals surface area contributed by atoms with E-state index in [0.29, 0.717) is 16.3 Å². The predicted molar refractivity (Wildman–Crippen MR) is 115 cm³/mol. The first kappa shape index (κ1) is 20.4. The fourth-order valence-electron chi connectivity index (χ4n) is 2.81. The van der Waals surface area contributed by atoms with E-state index in [2.05, 4.69) is 5.32 Å². The molecule has 0 bridgehead atoms. The molecule has 2 aromatic carbocycles. The van der Waals surface area contributed by atoms with Crippen molar-refractivity contribution >= 4 is 52.1 Å². The maximum absolute atomic E-state index is 12.5. The summed E-state index contributed by atoms with van der Waals surface area (Å²) >= 11 is 13.4. The normalized spacial score (nSPS) is 11.8. The lowest BCUT2D eigenvalue weighted by Crippen LogP contribution is -2.26. The summed E-state index contributed by atoms with van der Waals surface area (Å²) < 4.78 is 0. The van der Waals surface area contributed by atoms with E-state index in [1.165, 1.54) is 11.3 Å². The zero-order chi connectivity index (χ0) is 20.3. The Morgan fingerprint density at radius 1 is 1.14 bits per heavy atom. The standard InChI is InChI=1S/C21H17Cl2NO3S/c1-12-4-2-3-5-14(12)10-16(23)20(25)24-17-11-28-19(18(17)21(26)27)13-6-8-15(22)9-7-13/h2-9,11,16H,10H2,1H3,(H,24,25)(H,26,27). The summed E-state index contributed by atoms with van der Waals surface area (Å²) in [6.45, 7) is 1.96. The highest BCUT2D eigenvalue weighted by atomic mass is 35.5. The molecule has 4 nitrogen and oxygen atoms in total. The van der Waals surface area contributed by atoms with Crippen LogP contribution in [0.4, 0.5) is 5.69 Å². The number of alkyl halides is 1. The maximum atomic E-state index is 12.5. The number of carboxylic acids is 1. The Morgan fingerprint density at radius 2 is 1.82 bits per heavy atom. The molecular formula is C21H17Cl2NO3S. The van der Waals surface area contributed by atoms with Gasteiger partial charge in [0.1, 0.15) is 10.9 Å². The van der Waals surface area contributed by atoms with Gasteiger partial charge in [-0.3, -0.25) is 4.79 Å². The van der Waals surface area contributed by atoms with Crippen molar-refractivity contribution in [3.05, 3.63) is 75.6 Å². The number of carbonyl (C=O) groups excluding carboxylic acids is 1. The van der Waals surface area contributed by atoms with E-state index >= 15 is 0 Å². The van der Waals surface area contributed by atoms with E-state index in [-0.39, 0.29) is 11.3 Å². The molecule has 0 saturated heterocycles. The van der Waals surface area contributed by atoms with Crippen LogP contribution in [-0.4, -0.2) is 22.4 Å². The summed E-state index contributed by atoms with van der Waals surface area (Å²) in [4.78, 5) is 24.9. The minimum Gasteiger partial charge on any atom is -0.478 e. The number of hydrogen-bond acceptors (Lipinski definition) is 3.